The average molecular weight is 429 g/mol. The Morgan fingerprint density at radius 3 is 1.97 bits per heavy atom. The molecule has 0 spiro atoms. The summed E-state index contributed by atoms with van der Waals surface area (Å²) in [7, 11) is 0. The van der Waals surface area contributed by atoms with Crippen LogP contribution in [0, 0.1) is 17.8 Å². The van der Waals surface area contributed by atoms with E-state index in [2.05, 4.69) is 11.7 Å². The molecule has 0 heterocycles. The number of rotatable bonds is 8. The summed E-state index contributed by atoms with van der Waals surface area (Å²) in [4.78, 5) is 0. The molecule has 30 heavy (non-hydrogen) atoms. The Morgan fingerprint density at radius 2 is 1.43 bits per heavy atom. The summed E-state index contributed by atoms with van der Waals surface area (Å²) in [6.45, 7) is 2.27. The molecule has 0 saturated heterocycles. The number of alkyl halides is 2. The fraction of sp³-hybridized carbons (Fsp3) is 0.667. The van der Waals surface area contributed by atoms with E-state index in [4.69, 9.17) is 4.74 Å². The van der Waals surface area contributed by atoms with Crippen LogP contribution in [-0.4, -0.2) is 12.2 Å². The maximum atomic E-state index is 13.3. The molecule has 168 valence electrons. The first-order valence-electron chi connectivity index (χ1n) is 11.2. The monoisotopic (exact) mass is 428 g/mol. The summed E-state index contributed by atoms with van der Waals surface area (Å²) in [6.07, 6.45) is 5.66. The zero-order valence-electron chi connectivity index (χ0n) is 17.6. The fourth-order valence-electron chi connectivity index (χ4n) is 5.13. The van der Waals surface area contributed by atoms with Crippen molar-refractivity contribution in [2.75, 3.05) is 0 Å². The molecule has 0 radical (unpaired) electrons. The Hall–Kier alpha value is -1.72. The van der Waals surface area contributed by atoms with Gasteiger partial charge >= 0.3 is 6.11 Å². The van der Waals surface area contributed by atoms with Crippen LogP contribution in [0.3, 0.4) is 0 Å². The Bertz CT molecular complexity index is 669. The van der Waals surface area contributed by atoms with Crippen LogP contribution in [0.5, 0.6) is 11.5 Å². The molecule has 2 nitrogen and oxygen atoms in total. The first-order chi connectivity index (χ1) is 14.3. The largest absolute Gasteiger partial charge is 0.490 e. The summed E-state index contributed by atoms with van der Waals surface area (Å²) in [5.74, 6) is 2.99. The molecule has 0 N–H and O–H groups in total. The molecule has 2 saturated carbocycles. The predicted octanol–water partition coefficient (Wildman–Crippen LogP) is 7.98. The van der Waals surface area contributed by atoms with E-state index in [1.54, 1.807) is 12.1 Å². The van der Waals surface area contributed by atoms with Crippen molar-refractivity contribution in [3.63, 3.8) is 0 Å². The number of hydrogen-bond acceptors (Lipinski definition) is 2. The van der Waals surface area contributed by atoms with Gasteiger partial charge in [0.15, 0.2) is 0 Å². The molecule has 0 bridgehead atoms. The smallest absolute Gasteiger partial charge is 0.425 e. The lowest BCUT2D eigenvalue weighted by atomic mass is 9.70. The third-order valence-corrected chi connectivity index (χ3v) is 6.63. The normalized spacial score (nSPS) is 27.4. The highest BCUT2D eigenvalue weighted by Crippen LogP contribution is 2.41. The fourth-order valence-corrected chi connectivity index (χ4v) is 5.13. The maximum absolute atomic E-state index is 13.3. The van der Waals surface area contributed by atoms with Gasteiger partial charge in [0.2, 0.25) is 0 Å². The number of hydrogen-bond donors (Lipinski definition) is 0. The molecule has 3 rings (SSSR count). The van der Waals surface area contributed by atoms with Crippen molar-refractivity contribution in [1.29, 1.82) is 0 Å². The van der Waals surface area contributed by atoms with Crippen molar-refractivity contribution in [2.24, 2.45) is 17.8 Å². The van der Waals surface area contributed by atoms with Crippen LogP contribution in [-0.2, 0) is 0 Å². The standard InChI is InChI=1S/C24H32F4O2/c1-2-3-17-4-6-18(7-5-17)19-8-10-20(11-9-19)29-21-12-14-22(15-13-21)30-24(27,28)16-23(25)26/h12-20H,2-11H2,1H3. The minimum Gasteiger partial charge on any atom is -0.490 e. The number of benzene rings is 1. The van der Waals surface area contributed by atoms with Gasteiger partial charge in [-0.15, -0.1) is 0 Å². The minimum absolute atomic E-state index is 0.134. The third kappa shape index (κ3) is 6.92. The lowest BCUT2D eigenvalue weighted by molar-refractivity contribution is -0.133. The SMILES string of the molecule is CCCC1CCC(C2CCC(Oc3ccc(OC(F)(F)C=C(F)F)cc3)CC2)CC1. The first-order valence-corrected chi connectivity index (χ1v) is 11.2. The maximum Gasteiger partial charge on any atom is 0.425 e. The van der Waals surface area contributed by atoms with E-state index in [1.807, 2.05) is 0 Å². The van der Waals surface area contributed by atoms with Crippen LogP contribution in [0.15, 0.2) is 36.4 Å². The molecule has 1 aromatic carbocycles. The molecule has 2 fully saturated rings. The first kappa shape index (κ1) is 23.0. The van der Waals surface area contributed by atoms with Gasteiger partial charge in [0.25, 0.3) is 6.08 Å². The Kier molecular flexibility index (Phi) is 8.06. The van der Waals surface area contributed by atoms with Crippen LogP contribution in [0.2, 0.25) is 0 Å². The highest BCUT2D eigenvalue weighted by Gasteiger charge is 2.32. The van der Waals surface area contributed by atoms with Crippen molar-refractivity contribution >= 4 is 0 Å². The van der Waals surface area contributed by atoms with Gasteiger partial charge in [-0.2, -0.15) is 17.6 Å². The van der Waals surface area contributed by atoms with E-state index in [0.29, 0.717) is 5.75 Å². The Morgan fingerprint density at radius 1 is 0.900 bits per heavy atom. The highest BCUT2D eigenvalue weighted by molar-refractivity contribution is 5.32. The summed E-state index contributed by atoms with van der Waals surface area (Å²) in [6, 6.07) is 5.71. The number of halogens is 4. The molecule has 2 aliphatic carbocycles. The Labute approximate surface area is 176 Å². The molecule has 0 unspecified atom stereocenters. The van der Waals surface area contributed by atoms with E-state index in [9.17, 15) is 17.6 Å². The van der Waals surface area contributed by atoms with Crippen LogP contribution in [0.4, 0.5) is 17.6 Å². The summed E-state index contributed by atoms with van der Waals surface area (Å²) < 4.78 is 60.9. The summed E-state index contributed by atoms with van der Waals surface area (Å²) in [5, 5.41) is 0. The second-order valence-electron chi connectivity index (χ2n) is 8.79. The van der Waals surface area contributed by atoms with Crippen molar-refractivity contribution in [2.45, 2.75) is 83.3 Å². The second kappa shape index (κ2) is 10.5. The molecule has 0 amide bonds. The van der Waals surface area contributed by atoms with E-state index >= 15 is 0 Å². The molecular weight excluding hydrogens is 396 g/mol. The molecule has 2 aliphatic rings. The van der Waals surface area contributed by atoms with E-state index in [0.717, 1.165) is 30.6 Å². The minimum atomic E-state index is -4.05. The number of ether oxygens (including phenoxy) is 2. The van der Waals surface area contributed by atoms with Crippen LogP contribution in [0.25, 0.3) is 0 Å². The van der Waals surface area contributed by atoms with Gasteiger partial charge < -0.3 is 9.47 Å². The van der Waals surface area contributed by atoms with Crippen LogP contribution < -0.4 is 9.47 Å². The quantitative estimate of drug-likeness (QED) is 0.391. The van der Waals surface area contributed by atoms with E-state index in [-0.39, 0.29) is 11.9 Å². The summed E-state index contributed by atoms with van der Waals surface area (Å²) in [5.41, 5.74) is 0. The van der Waals surface area contributed by atoms with Crippen LogP contribution >= 0.6 is 0 Å². The average Bonchev–Trinajstić information content (AvgIpc) is 2.70. The van der Waals surface area contributed by atoms with Gasteiger partial charge in [0.05, 0.1) is 12.2 Å². The van der Waals surface area contributed by atoms with Gasteiger partial charge in [0.1, 0.15) is 11.5 Å². The molecular formula is C24H32F4O2. The third-order valence-electron chi connectivity index (χ3n) is 6.63. The molecule has 0 atom stereocenters. The molecule has 0 aromatic heterocycles. The lowest BCUT2D eigenvalue weighted by Gasteiger charge is -2.37. The van der Waals surface area contributed by atoms with Gasteiger partial charge in [-0.3, -0.25) is 0 Å². The molecule has 6 heteroatoms. The Balaban J connectivity index is 1.42. The van der Waals surface area contributed by atoms with Crippen LogP contribution in [0.1, 0.15) is 71.1 Å². The van der Waals surface area contributed by atoms with Crippen molar-refractivity contribution in [3.8, 4) is 11.5 Å². The van der Waals surface area contributed by atoms with Gasteiger partial charge in [0, 0.05) is 0 Å². The summed E-state index contributed by atoms with van der Waals surface area (Å²) >= 11 is 0. The van der Waals surface area contributed by atoms with Gasteiger partial charge in [-0.05, 0) is 80.5 Å². The van der Waals surface area contributed by atoms with Crippen molar-refractivity contribution < 1.29 is 27.0 Å². The van der Waals surface area contributed by atoms with Crippen molar-refractivity contribution in [1.82, 2.24) is 0 Å². The zero-order chi connectivity index (χ0) is 21.6. The highest BCUT2D eigenvalue weighted by atomic mass is 19.3. The van der Waals surface area contributed by atoms with E-state index in [1.165, 1.54) is 63.5 Å². The van der Waals surface area contributed by atoms with Gasteiger partial charge in [-0.25, -0.2) is 0 Å². The topological polar surface area (TPSA) is 18.5 Å². The van der Waals surface area contributed by atoms with Crippen molar-refractivity contribution in [3.05, 3.63) is 36.4 Å². The molecule has 1 aromatic rings. The van der Waals surface area contributed by atoms with Gasteiger partial charge in [-0.1, -0.05) is 32.6 Å². The molecule has 0 aliphatic heterocycles. The lowest BCUT2D eigenvalue weighted by Crippen LogP contribution is -2.29. The second-order valence-corrected chi connectivity index (χ2v) is 8.79. The van der Waals surface area contributed by atoms with E-state index < -0.39 is 18.3 Å². The zero-order valence-corrected chi connectivity index (χ0v) is 17.6. The predicted molar refractivity (Wildman–Crippen MR) is 109 cm³/mol.